The van der Waals surface area contributed by atoms with Crippen LogP contribution in [0.1, 0.15) is 55.4 Å². The summed E-state index contributed by atoms with van der Waals surface area (Å²) in [6.45, 7) is 16.4. The molecule has 8 heteroatoms. The van der Waals surface area contributed by atoms with Crippen LogP contribution in [0.4, 0.5) is 0 Å². The first-order chi connectivity index (χ1) is 13.7. The molecule has 30 heavy (non-hydrogen) atoms. The molecule has 0 spiro atoms. The van der Waals surface area contributed by atoms with E-state index in [0.717, 1.165) is 5.46 Å². The molecule has 1 fully saturated rings. The summed E-state index contributed by atoms with van der Waals surface area (Å²) in [4.78, 5) is 14.3. The summed E-state index contributed by atoms with van der Waals surface area (Å²) in [6, 6.07) is 6.72. The monoisotopic (exact) mass is 437 g/mol. The fourth-order valence-electron chi connectivity index (χ4n) is 3.45. The first-order valence-electron chi connectivity index (χ1n) is 10.7. The van der Waals surface area contributed by atoms with Gasteiger partial charge in [0.15, 0.2) is 9.84 Å². The highest BCUT2D eigenvalue weighted by atomic mass is 32.2. The van der Waals surface area contributed by atoms with Crippen LogP contribution in [-0.2, 0) is 23.9 Å². The largest absolute Gasteiger partial charge is 0.494 e. The molecule has 0 N–H and O–H groups in total. The molecule has 1 atom stereocenters. The van der Waals surface area contributed by atoms with Crippen LogP contribution in [0, 0.1) is 11.8 Å². The smallest absolute Gasteiger partial charge is 0.399 e. The summed E-state index contributed by atoms with van der Waals surface area (Å²) in [5, 5.41) is 0. The second-order valence-electron chi connectivity index (χ2n) is 9.58. The van der Waals surface area contributed by atoms with E-state index in [1.54, 1.807) is 29.2 Å². The van der Waals surface area contributed by atoms with E-state index in [4.69, 9.17) is 9.31 Å². The average Bonchev–Trinajstić information content (AvgIpc) is 2.86. The molecule has 0 radical (unpaired) electrons. The molecule has 1 heterocycles. The minimum absolute atomic E-state index is 0.00921. The number of benzene rings is 1. The van der Waals surface area contributed by atoms with E-state index in [1.165, 1.54) is 0 Å². The van der Waals surface area contributed by atoms with Crippen molar-refractivity contribution in [3.05, 3.63) is 24.3 Å². The van der Waals surface area contributed by atoms with Crippen molar-refractivity contribution in [3.8, 4) is 0 Å². The molecule has 2 rings (SSSR count). The van der Waals surface area contributed by atoms with E-state index in [1.807, 2.05) is 55.4 Å². The molecular weight excluding hydrogens is 401 g/mol. The lowest BCUT2D eigenvalue weighted by atomic mass is 9.79. The molecule has 1 aliphatic heterocycles. The van der Waals surface area contributed by atoms with Gasteiger partial charge in [-0.3, -0.25) is 4.79 Å². The van der Waals surface area contributed by atoms with Gasteiger partial charge in [0.2, 0.25) is 5.91 Å². The summed E-state index contributed by atoms with van der Waals surface area (Å²) in [7, 11) is -3.99. The fourth-order valence-corrected chi connectivity index (χ4v) is 5.05. The quantitative estimate of drug-likeness (QED) is 0.585. The Morgan fingerprint density at radius 3 is 1.97 bits per heavy atom. The van der Waals surface area contributed by atoms with Gasteiger partial charge in [0.25, 0.3) is 0 Å². The maximum Gasteiger partial charge on any atom is 0.494 e. The Labute approximate surface area is 182 Å². The highest BCUT2D eigenvalue weighted by molar-refractivity contribution is 7.91. The summed E-state index contributed by atoms with van der Waals surface area (Å²) < 4.78 is 37.8. The third-order valence-corrected chi connectivity index (χ3v) is 7.99. The van der Waals surface area contributed by atoms with Crippen LogP contribution in [0.25, 0.3) is 0 Å². The van der Waals surface area contributed by atoms with Gasteiger partial charge in [-0.2, -0.15) is 0 Å². The number of amides is 1. The van der Waals surface area contributed by atoms with Gasteiger partial charge < -0.3 is 14.2 Å². The van der Waals surface area contributed by atoms with Crippen LogP contribution < -0.4 is 5.46 Å². The van der Waals surface area contributed by atoms with Gasteiger partial charge in [0, 0.05) is 19.0 Å². The van der Waals surface area contributed by atoms with Crippen molar-refractivity contribution in [2.75, 3.05) is 18.8 Å². The van der Waals surface area contributed by atoms with Crippen molar-refractivity contribution in [2.24, 2.45) is 11.8 Å². The zero-order valence-electron chi connectivity index (χ0n) is 19.6. The van der Waals surface area contributed by atoms with Crippen molar-refractivity contribution >= 4 is 28.3 Å². The van der Waals surface area contributed by atoms with Crippen molar-refractivity contribution in [3.63, 3.8) is 0 Å². The standard InChI is InChI=1S/C22H36BNO5S/c1-9-24(20(25)16(2)3)14-17(4)15-30(26,27)19-12-10-18(11-13-19)23-28-21(5,6)22(7,8)29-23/h10-13,16-17H,9,14-15H2,1-8H3. The van der Waals surface area contributed by atoms with Crippen molar-refractivity contribution in [2.45, 2.75) is 71.5 Å². The molecular formula is C22H36BNO5S. The third-order valence-electron chi connectivity index (χ3n) is 5.99. The van der Waals surface area contributed by atoms with E-state index in [2.05, 4.69) is 0 Å². The molecule has 6 nitrogen and oxygen atoms in total. The number of hydrogen-bond acceptors (Lipinski definition) is 5. The SMILES string of the molecule is CCN(CC(C)CS(=O)(=O)c1ccc(B2OC(C)(C)C(C)(C)O2)cc1)C(=O)C(C)C. The zero-order chi connectivity index (χ0) is 22.9. The van der Waals surface area contributed by atoms with Crippen LogP contribution >= 0.6 is 0 Å². The molecule has 1 saturated heterocycles. The van der Waals surface area contributed by atoms with Gasteiger partial charge in [0.05, 0.1) is 21.9 Å². The molecule has 0 saturated carbocycles. The minimum atomic E-state index is -3.46. The fraction of sp³-hybridized carbons (Fsp3) is 0.682. The molecule has 1 aromatic carbocycles. The van der Waals surface area contributed by atoms with E-state index in [9.17, 15) is 13.2 Å². The lowest BCUT2D eigenvalue weighted by Gasteiger charge is -2.32. The second-order valence-corrected chi connectivity index (χ2v) is 11.6. The number of sulfone groups is 1. The molecule has 0 aliphatic carbocycles. The second kappa shape index (κ2) is 9.01. The topological polar surface area (TPSA) is 72.9 Å². The van der Waals surface area contributed by atoms with Crippen LogP contribution in [0.5, 0.6) is 0 Å². The van der Waals surface area contributed by atoms with Crippen molar-refractivity contribution < 1.29 is 22.5 Å². The maximum atomic E-state index is 12.9. The molecule has 1 unspecified atom stereocenters. The Kier molecular flexibility index (Phi) is 7.47. The van der Waals surface area contributed by atoms with Crippen LogP contribution in [0.2, 0.25) is 0 Å². The molecule has 1 aliphatic rings. The third kappa shape index (κ3) is 5.45. The summed E-state index contributed by atoms with van der Waals surface area (Å²) >= 11 is 0. The number of carbonyl (C=O) groups excluding carboxylic acids is 1. The van der Waals surface area contributed by atoms with E-state index >= 15 is 0 Å². The van der Waals surface area contributed by atoms with Gasteiger partial charge in [-0.15, -0.1) is 0 Å². The lowest BCUT2D eigenvalue weighted by molar-refractivity contribution is -0.134. The van der Waals surface area contributed by atoms with Gasteiger partial charge in [0.1, 0.15) is 0 Å². The Hall–Kier alpha value is -1.38. The summed E-state index contributed by atoms with van der Waals surface area (Å²) in [5.41, 5.74) is -0.104. The van der Waals surface area contributed by atoms with Gasteiger partial charge in [-0.25, -0.2) is 8.42 Å². The predicted octanol–water partition coefficient (Wildman–Crippen LogP) is 2.90. The predicted molar refractivity (Wildman–Crippen MR) is 120 cm³/mol. The summed E-state index contributed by atoms with van der Waals surface area (Å²) in [5.74, 6) is -0.227. The highest BCUT2D eigenvalue weighted by Gasteiger charge is 2.51. The first kappa shape index (κ1) is 24.9. The van der Waals surface area contributed by atoms with Crippen LogP contribution in [-0.4, -0.2) is 56.4 Å². The molecule has 1 aromatic rings. The Balaban J connectivity index is 2.07. The molecule has 1 amide bonds. The van der Waals surface area contributed by atoms with Gasteiger partial charge in [-0.05, 0) is 58.1 Å². The Morgan fingerprint density at radius 1 is 1.03 bits per heavy atom. The molecule has 0 aromatic heterocycles. The number of carbonyl (C=O) groups is 1. The first-order valence-corrected chi connectivity index (χ1v) is 12.3. The molecule has 168 valence electrons. The average molecular weight is 437 g/mol. The van der Waals surface area contributed by atoms with E-state index < -0.39 is 28.2 Å². The number of nitrogens with zero attached hydrogens (tertiary/aromatic N) is 1. The minimum Gasteiger partial charge on any atom is -0.399 e. The van der Waals surface area contributed by atoms with E-state index in [0.29, 0.717) is 13.1 Å². The normalized spacial score (nSPS) is 19.2. The van der Waals surface area contributed by atoms with Crippen molar-refractivity contribution in [1.82, 2.24) is 4.90 Å². The number of rotatable bonds is 8. The summed E-state index contributed by atoms with van der Waals surface area (Å²) in [6.07, 6.45) is 0. The van der Waals surface area contributed by atoms with Gasteiger partial charge >= 0.3 is 7.12 Å². The number of hydrogen-bond donors (Lipinski definition) is 0. The maximum absolute atomic E-state index is 12.9. The van der Waals surface area contributed by atoms with E-state index in [-0.39, 0.29) is 28.4 Å². The lowest BCUT2D eigenvalue weighted by Crippen LogP contribution is -2.41. The van der Waals surface area contributed by atoms with Crippen molar-refractivity contribution in [1.29, 1.82) is 0 Å². The zero-order valence-corrected chi connectivity index (χ0v) is 20.4. The van der Waals surface area contributed by atoms with Crippen LogP contribution in [0.15, 0.2) is 29.2 Å². The van der Waals surface area contributed by atoms with Gasteiger partial charge in [-0.1, -0.05) is 32.9 Å². The molecule has 0 bridgehead atoms. The Morgan fingerprint density at radius 2 is 1.53 bits per heavy atom. The highest BCUT2D eigenvalue weighted by Crippen LogP contribution is 2.36. The van der Waals surface area contributed by atoms with Crippen LogP contribution in [0.3, 0.4) is 0 Å². The Bertz CT molecular complexity index is 833.